The minimum atomic E-state index is -4.62. The minimum Gasteiger partial charge on any atom is -0.508 e. The van der Waals surface area contributed by atoms with Gasteiger partial charge in [0.1, 0.15) is 5.75 Å². The third-order valence-electron chi connectivity index (χ3n) is 1.97. The van der Waals surface area contributed by atoms with Gasteiger partial charge in [-0.25, -0.2) is 0 Å². The normalized spacial score (nSPS) is 11.5. The lowest BCUT2D eigenvalue weighted by atomic mass is 10.0. The second-order valence-electron chi connectivity index (χ2n) is 3.03. The molecule has 0 aliphatic carbocycles. The molecule has 0 atom stereocenters. The Labute approximate surface area is 83.3 Å². The van der Waals surface area contributed by atoms with Crippen LogP contribution in [0.4, 0.5) is 13.2 Å². The van der Waals surface area contributed by atoms with Crippen LogP contribution in [0.15, 0.2) is 12.1 Å². The molecule has 1 rings (SSSR count). The van der Waals surface area contributed by atoms with E-state index in [1.165, 1.54) is 6.92 Å². The summed E-state index contributed by atoms with van der Waals surface area (Å²) >= 11 is 0. The highest BCUT2D eigenvalue weighted by molar-refractivity contribution is 5.95. The number of hydrogen-bond donors (Lipinski definition) is 2. The molecule has 3 N–H and O–H groups in total. The van der Waals surface area contributed by atoms with E-state index in [0.717, 1.165) is 0 Å². The van der Waals surface area contributed by atoms with Crippen LogP contribution >= 0.6 is 0 Å². The molecule has 0 bridgehead atoms. The molecule has 0 aromatic heterocycles. The smallest absolute Gasteiger partial charge is 0.416 e. The molecule has 0 spiro atoms. The molecular weight excluding hydrogens is 211 g/mol. The summed E-state index contributed by atoms with van der Waals surface area (Å²) in [5, 5.41) is 9.19. The average molecular weight is 219 g/mol. The van der Waals surface area contributed by atoms with Crippen molar-refractivity contribution in [3.05, 3.63) is 28.8 Å². The summed E-state index contributed by atoms with van der Waals surface area (Å²) in [6.45, 7) is 1.32. The molecule has 0 saturated heterocycles. The van der Waals surface area contributed by atoms with Crippen LogP contribution in [0.1, 0.15) is 21.5 Å². The van der Waals surface area contributed by atoms with Crippen LogP contribution in [0, 0.1) is 6.92 Å². The SMILES string of the molecule is Cc1c(O)cc(C(F)(F)F)cc1C(N)=O. The fraction of sp³-hybridized carbons (Fsp3) is 0.222. The molecule has 0 radical (unpaired) electrons. The molecule has 0 aliphatic heterocycles. The number of halogens is 3. The Kier molecular flexibility index (Phi) is 2.61. The first-order chi connectivity index (χ1) is 6.73. The van der Waals surface area contributed by atoms with Gasteiger partial charge in [0.25, 0.3) is 0 Å². The fourth-order valence-corrected chi connectivity index (χ4v) is 1.12. The molecule has 0 saturated carbocycles. The fourth-order valence-electron chi connectivity index (χ4n) is 1.12. The summed E-state index contributed by atoms with van der Waals surface area (Å²) < 4.78 is 36.8. The number of carbonyl (C=O) groups is 1. The van der Waals surface area contributed by atoms with Gasteiger partial charge in [0.2, 0.25) is 5.91 Å². The highest BCUT2D eigenvalue weighted by atomic mass is 19.4. The predicted molar refractivity (Wildman–Crippen MR) is 46.4 cm³/mol. The predicted octanol–water partition coefficient (Wildman–Crippen LogP) is 1.82. The first kappa shape index (κ1) is 11.4. The van der Waals surface area contributed by atoms with Crippen LogP contribution < -0.4 is 5.73 Å². The number of carbonyl (C=O) groups excluding carboxylic acids is 1. The van der Waals surface area contributed by atoms with Crippen molar-refractivity contribution in [3.63, 3.8) is 0 Å². The van der Waals surface area contributed by atoms with E-state index < -0.39 is 23.4 Å². The van der Waals surface area contributed by atoms with Crippen molar-refractivity contribution < 1.29 is 23.1 Å². The molecule has 0 fully saturated rings. The number of aromatic hydroxyl groups is 1. The quantitative estimate of drug-likeness (QED) is 0.756. The van der Waals surface area contributed by atoms with E-state index in [0.29, 0.717) is 12.1 Å². The zero-order chi connectivity index (χ0) is 11.8. The third kappa shape index (κ3) is 2.20. The Bertz CT molecular complexity index is 413. The van der Waals surface area contributed by atoms with Crippen LogP contribution in [-0.2, 0) is 6.18 Å². The van der Waals surface area contributed by atoms with Crippen molar-refractivity contribution in [2.24, 2.45) is 5.73 Å². The van der Waals surface area contributed by atoms with Crippen molar-refractivity contribution in [3.8, 4) is 5.75 Å². The van der Waals surface area contributed by atoms with Crippen LogP contribution in [0.5, 0.6) is 5.75 Å². The number of hydrogen-bond acceptors (Lipinski definition) is 2. The van der Waals surface area contributed by atoms with E-state index in [-0.39, 0.29) is 11.1 Å². The van der Waals surface area contributed by atoms with E-state index in [1.807, 2.05) is 0 Å². The van der Waals surface area contributed by atoms with Crippen LogP contribution in [0.3, 0.4) is 0 Å². The molecule has 1 aromatic carbocycles. The lowest BCUT2D eigenvalue weighted by Gasteiger charge is -2.11. The summed E-state index contributed by atoms with van der Waals surface area (Å²) in [5.74, 6) is -1.60. The van der Waals surface area contributed by atoms with Crippen molar-refractivity contribution in [2.45, 2.75) is 13.1 Å². The molecular formula is C9H8F3NO2. The van der Waals surface area contributed by atoms with Gasteiger partial charge in [-0.15, -0.1) is 0 Å². The number of primary amides is 1. The van der Waals surface area contributed by atoms with Gasteiger partial charge in [-0.3, -0.25) is 4.79 Å². The van der Waals surface area contributed by atoms with Crippen LogP contribution in [-0.4, -0.2) is 11.0 Å². The van der Waals surface area contributed by atoms with Gasteiger partial charge in [0.15, 0.2) is 0 Å². The Morgan fingerprint density at radius 2 is 1.93 bits per heavy atom. The lowest BCUT2D eigenvalue weighted by Crippen LogP contribution is -2.15. The first-order valence-electron chi connectivity index (χ1n) is 3.94. The second kappa shape index (κ2) is 3.45. The molecule has 3 nitrogen and oxygen atoms in total. The number of nitrogens with two attached hydrogens (primary N) is 1. The van der Waals surface area contributed by atoms with Gasteiger partial charge in [-0.05, 0) is 19.1 Å². The van der Waals surface area contributed by atoms with E-state index in [4.69, 9.17) is 5.73 Å². The van der Waals surface area contributed by atoms with Gasteiger partial charge >= 0.3 is 6.18 Å². The Hall–Kier alpha value is -1.72. The summed E-state index contributed by atoms with van der Waals surface area (Å²) in [4.78, 5) is 10.8. The van der Waals surface area contributed by atoms with Crippen molar-refractivity contribution >= 4 is 5.91 Å². The Morgan fingerprint density at radius 1 is 1.40 bits per heavy atom. The van der Waals surface area contributed by atoms with E-state index in [1.54, 1.807) is 0 Å². The summed E-state index contributed by atoms with van der Waals surface area (Å²) in [5.41, 5.74) is 3.49. The molecule has 15 heavy (non-hydrogen) atoms. The zero-order valence-corrected chi connectivity index (χ0v) is 7.72. The third-order valence-corrected chi connectivity index (χ3v) is 1.97. The second-order valence-corrected chi connectivity index (χ2v) is 3.03. The largest absolute Gasteiger partial charge is 0.508 e. The van der Waals surface area contributed by atoms with Gasteiger partial charge in [0, 0.05) is 11.1 Å². The van der Waals surface area contributed by atoms with Crippen LogP contribution in [0.25, 0.3) is 0 Å². The topological polar surface area (TPSA) is 63.3 Å². The van der Waals surface area contributed by atoms with E-state index in [2.05, 4.69) is 0 Å². The molecule has 0 unspecified atom stereocenters. The molecule has 1 aromatic rings. The van der Waals surface area contributed by atoms with Crippen molar-refractivity contribution in [1.82, 2.24) is 0 Å². The average Bonchev–Trinajstić information content (AvgIpc) is 2.06. The number of benzene rings is 1. The Balaban J connectivity index is 3.43. The lowest BCUT2D eigenvalue weighted by molar-refractivity contribution is -0.137. The molecule has 82 valence electrons. The van der Waals surface area contributed by atoms with Gasteiger partial charge < -0.3 is 10.8 Å². The first-order valence-corrected chi connectivity index (χ1v) is 3.94. The van der Waals surface area contributed by atoms with Crippen LogP contribution in [0.2, 0.25) is 0 Å². The van der Waals surface area contributed by atoms with E-state index >= 15 is 0 Å². The molecule has 0 heterocycles. The molecule has 1 amide bonds. The summed E-state index contributed by atoms with van der Waals surface area (Å²) in [7, 11) is 0. The highest BCUT2D eigenvalue weighted by Crippen LogP contribution is 2.34. The summed E-state index contributed by atoms with van der Waals surface area (Å²) in [6.07, 6.45) is -4.62. The van der Waals surface area contributed by atoms with Crippen molar-refractivity contribution in [1.29, 1.82) is 0 Å². The van der Waals surface area contributed by atoms with Gasteiger partial charge in [-0.1, -0.05) is 0 Å². The number of phenols is 1. The number of amides is 1. The standard InChI is InChI=1S/C9H8F3NO2/c1-4-6(8(13)15)2-5(3-7(4)14)9(10,11)12/h2-3,14H,1H3,(H2,13,15). The maximum Gasteiger partial charge on any atom is 0.416 e. The maximum atomic E-state index is 12.3. The molecule has 6 heteroatoms. The highest BCUT2D eigenvalue weighted by Gasteiger charge is 2.32. The van der Waals surface area contributed by atoms with E-state index in [9.17, 15) is 23.1 Å². The number of alkyl halides is 3. The number of rotatable bonds is 1. The Morgan fingerprint density at radius 3 is 2.33 bits per heavy atom. The monoisotopic (exact) mass is 219 g/mol. The minimum absolute atomic E-state index is 0.0375. The number of phenolic OH excluding ortho intramolecular Hbond substituents is 1. The van der Waals surface area contributed by atoms with Gasteiger partial charge in [0.05, 0.1) is 5.56 Å². The molecule has 0 aliphatic rings. The maximum absolute atomic E-state index is 12.3. The summed E-state index contributed by atoms with van der Waals surface area (Å²) in [6, 6.07) is 1.18. The van der Waals surface area contributed by atoms with Gasteiger partial charge in [-0.2, -0.15) is 13.2 Å². The zero-order valence-electron chi connectivity index (χ0n) is 7.72. The van der Waals surface area contributed by atoms with Crippen molar-refractivity contribution in [2.75, 3.05) is 0 Å².